The molecule has 3 heteroatoms. The molecule has 0 aliphatic carbocycles. The van der Waals surface area contributed by atoms with E-state index in [4.69, 9.17) is 0 Å². The highest BCUT2D eigenvalue weighted by Crippen LogP contribution is 1.99. The first-order valence-corrected chi connectivity index (χ1v) is 3.69. The van der Waals surface area contributed by atoms with Crippen molar-refractivity contribution in [3.05, 3.63) is 30.4 Å². The molecule has 0 fully saturated rings. The van der Waals surface area contributed by atoms with Crippen LogP contribution in [0, 0.1) is 0 Å². The van der Waals surface area contributed by atoms with Crippen LogP contribution in [0.5, 0.6) is 0 Å². The first kappa shape index (κ1) is 6.34. The minimum atomic E-state index is 0.782. The number of imidazole rings is 1. The molecule has 3 nitrogen and oxygen atoms in total. The summed E-state index contributed by atoms with van der Waals surface area (Å²) in [7, 11) is 0. The van der Waals surface area contributed by atoms with Crippen LogP contribution in [0.4, 0.5) is 0 Å². The number of aryl methyl sites for hydroxylation is 1. The first-order chi connectivity index (χ1) is 5.40. The van der Waals surface area contributed by atoms with Crippen LogP contribution in [0.3, 0.4) is 0 Å². The molecule has 11 heavy (non-hydrogen) atoms. The van der Waals surface area contributed by atoms with Gasteiger partial charge in [0.15, 0.2) is 0 Å². The number of rotatable bonds is 1. The van der Waals surface area contributed by atoms with Crippen LogP contribution >= 0.6 is 0 Å². The molecular weight excluding hydrogens is 138 g/mol. The van der Waals surface area contributed by atoms with Crippen molar-refractivity contribution in [3.63, 3.8) is 0 Å². The van der Waals surface area contributed by atoms with Crippen LogP contribution in [0.2, 0.25) is 0 Å². The SMILES string of the molecule is CCc1ccn2ccnc2n1. The van der Waals surface area contributed by atoms with Gasteiger partial charge in [-0.1, -0.05) is 6.92 Å². The molecule has 56 valence electrons. The van der Waals surface area contributed by atoms with Crippen molar-refractivity contribution in [1.82, 2.24) is 14.4 Å². The summed E-state index contributed by atoms with van der Waals surface area (Å²) in [6, 6.07) is 2.01. The predicted octanol–water partition coefficient (Wildman–Crippen LogP) is 1.29. The molecule has 0 N–H and O–H groups in total. The maximum atomic E-state index is 4.31. The minimum Gasteiger partial charge on any atom is -0.291 e. The molecule has 2 aromatic rings. The van der Waals surface area contributed by atoms with Gasteiger partial charge >= 0.3 is 0 Å². The molecule has 2 aromatic heterocycles. The van der Waals surface area contributed by atoms with Gasteiger partial charge in [-0.05, 0) is 12.5 Å². The second-order valence-electron chi connectivity index (χ2n) is 2.41. The lowest BCUT2D eigenvalue weighted by atomic mass is 10.3. The van der Waals surface area contributed by atoms with E-state index in [1.165, 1.54) is 0 Å². The van der Waals surface area contributed by atoms with E-state index in [9.17, 15) is 0 Å². The lowest BCUT2D eigenvalue weighted by Crippen LogP contribution is -1.91. The average molecular weight is 147 g/mol. The van der Waals surface area contributed by atoms with Gasteiger partial charge in [0.2, 0.25) is 5.78 Å². The Labute approximate surface area is 64.7 Å². The maximum Gasteiger partial charge on any atom is 0.233 e. The molecule has 0 aliphatic heterocycles. The summed E-state index contributed by atoms with van der Waals surface area (Å²) in [4.78, 5) is 8.38. The quantitative estimate of drug-likeness (QED) is 0.608. The maximum absolute atomic E-state index is 4.31. The van der Waals surface area contributed by atoms with Crippen LogP contribution in [0.25, 0.3) is 5.78 Å². The summed E-state index contributed by atoms with van der Waals surface area (Å²) in [6.45, 7) is 2.09. The number of aromatic nitrogens is 3. The molecule has 0 saturated heterocycles. The van der Waals surface area contributed by atoms with Gasteiger partial charge in [0.1, 0.15) is 0 Å². The van der Waals surface area contributed by atoms with Crippen LogP contribution in [-0.4, -0.2) is 14.4 Å². The van der Waals surface area contributed by atoms with E-state index in [-0.39, 0.29) is 0 Å². The lowest BCUT2D eigenvalue weighted by molar-refractivity contribution is 0.993. The minimum absolute atomic E-state index is 0.782. The Balaban J connectivity index is 2.67. The third-order valence-corrected chi connectivity index (χ3v) is 1.68. The fourth-order valence-electron chi connectivity index (χ4n) is 1.04. The van der Waals surface area contributed by atoms with E-state index in [1.807, 2.05) is 22.9 Å². The molecule has 0 aromatic carbocycles. The smallest absolute Gasteiger partial charge is 0.233 e. The Morgan fingerprint density at radius 2 is 2.36 bits per heavy atom. The van der Waals surface area contributed by atoms with Crippen molar-refractivity contribution in [1.29, 1.82) is 0 Å². The first-order valence-electron chi connectivity index (χ1n) is 3.69. The van der Waals surface area contributed by atoms with Crippen LogP contribution < -0.4 is 0 Å². The predicted molar refractivity (Wildman–Crippen MR) is 42.4 cm³/mol. The largest absolute Gasteiger partial charge is 0.291 e. The van der Waals surface area contributed by atoms with Gasteiger partial charge in [-0.15, -0.1) is 0 Å². The molecule has 0 saturated carbocycles. The summed E-state index contributed by atoms with van der Waals surface area (Å²) >= 11 is 0. The van der Waals surface area contributed by atoms with Crippen LogP contribution in [0.15, 0.2) is 24.7 Å². The van der Waals surface area contributed by atoms with E-state index >= 15 is 0 Å². The summed E-state index contributed by atoms with van der Waals surface area (Å²) in [5.74, 6) is 0.782. The van der Waals surface area contributed by atoms with Crippen molar-refractivity contribution in [3.8, 4) is 0 Å². The Morgan fingerprint density at radius 3 is 3.18 bits per heavy atom. The molecule has 0 unspecified atom stereocenters. The second-order valence-corrected chi connectivity index (χ2v) is 2.41. The Kier molecular flexibility index (Phi) is 1.35. The van der Waals surface area contributed by atoms with Crippen molar-refractivity contribution in [2.24, 2.45) is 0 Å². The second kappa shape index (κ2) is 2.34. The topological polar surface area (TPSA) is 30.2 Å². The number of hydrogen-bond acceptors (Lipinski definition) is 2. The van der Waals surface area contributed by atoms with E-state index in [1.54, 1.807) is 6.20 Å². The summed E-state index contributed by atoms with van der Waals surface area (Å²) < 4.78 is 1.90. The monoisotopic (exact) mass is 147 g/mol. The molecule has 2 heterocycles. The standard InChI is InChI=1S/C8H9N3/c1-2-7-3-5-11-6-4-9-8(11)10-7/h3-6H,2H2,1H3. The van der Waals surface area contributed by atoms with E-state index in [0.29, 0.717) is 0 Å². The highest BCUT2D eigenvalue weighted by Gasteiger charge is 1.94. The number of hydrogen-bond donors (Lipinski definition) is 0. The Bertz CT molecular complexity index is 364. The third-order valence-electron chi connectivity index (χ3n) is 1.68. The van der Waals surface area contributed by atoms with Gasteiger partial charge in [0.25, 0.3) is 0 Å². The Hall–Kier alpha value is -1.38. The van der Waals surface area contributed by atoms with E-state index < -0.39 is 0 Å². The van der Waals surface area contributed by atoms with Crippen LogP contribution in [-0.2, 0) is 6.42 Å². The van der Waals surface area contributed by atoms with Crippen molar-refractivity contribution < 1.29 is 0 Å². The molecule has 0 radical (unpaired) electrons. The fourth-order valence-corrected chi connectivity index (χ4v) is 1.04. The summed E-state index contributed by atoms with van der Waals surface area (Å²) in [5, 5.41) is 0. The highest BCUT2D eigenvalue weighted by molar-refractivity contribution is 5.28. The van der Waals surface area contributed by atoms with E-state index in [2.05, 4.69) is 16.9 Å². The highest BCUT2D eigenvalue weighted by atomic mass is 15.1. The van der Waals surface area contributed by atoms with Crippen molar-refractivity contribution in [2.75, 3.05) is 0 Å². The lowest BCUT2D eigenvalue weighted by Gasteiger charge is -1.95. The molecule has 0 atom stereocenters. The van der Waals surface area contributed by atoms with Gasteiger partial charge < -0.3 is 0 Å². The van der Waals surface area contributed by atoms with Gasteiger partial charge in [-0.25, -0.2) is 9.97 Å². The molecule has 0 spiro atoms. The van der Waals surface area contributed by atoms with Gasteiger partial charge in [0, 0.05) is 24.3 Å². The Morgan fingerprint density at radius 1 is 1.45 bits per heavy atom. The van der Waals surface area contributed by atoms with Crippen molar-refractivity contribution >= 4 is 5.78 Å². The summed E-state index contributed by atoms with van der Waals surface area (Å²) in [5.41, 5.74) is 1.09. The van der Waals surface area contributed by atoms with Gasteiger partial charge in [0.05, 0.1) is 0 Å². The van der Waals surface area contributed by atoms with E-state index in [0.717, 1.165) is 17.9 Å². The van der Waals surface area contributed by atoms with Gasteiger partial charge in [-0.3, -0.25) is 4.40 Å². The third kappa shape index (κ3) is 0.981. The van der Waals surface area contributed by atoms with Gasteiger partial charge in [-0.2, -0.15) is 0 Å². The van der Waals surface area contributed by atoms with Crippen molar-refractivity contribution in [2.45, 2.75) is 13.3 Å². The number of fused-ring (bicyclic) bond motifs is 1. The molecule has 0 aliphatic rings. The fraction of sp³-hybridized carbons (Fsp3) is 0.250. The molecule has 0 bridgehead atoms. The van der Waals surface area contributed by atoms with Crippen LogP contribution in [0.1, 0.15) is 12.6 Å². The zero-order valence-corrected chi connectivity index (χ0v) is 6.36. The zero-order chi connectivity index (χ0) is 7.68. The normalized spacial score (nSPS) is 10.6. The number of nitrogens with zero attached hydrogens (tertiary/aromatic N) is 3. The molecular formula is C8H9N3. The zero-order valence-electron chi connectivity index (χ0n) is 6.36. The molecule has 2 rings (SSSR count). The summed E-state index contributed by atoms with van der Waals surface area (Å²) in [6.07, 6.45) is 6.58. The average Bonchev–Trinajstić information content (AvgIpc) is 2.50. The molecule has 0 amide bonds.